The molecule has 0 aromatic heterocycles. The molecule has 3 nitrogen and oxygen atoms in total. The van der Waals surface area contributed by atoms with Crippen molar-refractivity contribution < 1.29 is 8.42 Å². The van der Waals surface area contributed by atoms with Gasteiger partial charge in [0, 0.05) is 16.3 Å². The fourth-order valence-electron chi connectivity index (χ4n) is 1.03. The Labute approximate surface area is 109 Å². The zero-order chi connectivity index (χ0) is 12.2. The van der Waals surface area contributed by atoms with Crippen LogP contribution in [0.1, 0.15) is 6.92 Å². The summed E-state index contributed by atoms with van der Waals surface area (Å²) in [4.78, 5) is 0.287. The molecule has 0 radical (unpaired) electrons. The first-order valence-electron chi connectivity index (χ1n) is 4.74. The van der Waals surface area contributed by atoms with Crippen molar-refractivity contribution in [2.45, 2.75) is 17.1 Å². The van der Waals surface area contributed by atoms with Gasteiger partial charge in [0.15, 0.2) is 0 Å². The molecule has 0 aliphatic carbocycles. The Morgan fingerprint density at radius 1 is 1.50 bits per heavy atom. The van der Waals surface area contributed by atoms with Crippen molar-refractivity contribution in [2.75, 3.05) is 12.8 Å². The molecular formula is C10H14BrNO2S2. The Morgan fingerprint density at radius 3 is 2.75 bits per heavy atom. The van der Waals surface area contributed by atoms with Crippen LogP contribution in [0.25, 0.3) is 0 Å². The molecule has 1 N–H and O–H groups in total. The lowest BCUT2D eigenvalue weighted by atomic mass is 10.4. The van der Waals surface area contributed by atoms with Crippen LogP contribution in [0.15, 0.2) is 33.6 Å². The maximum absolute atomic E-state index is 11.9. The predicted molar refractivity (Wildman–Crippen MR) is 72.3 cm³/mol. The summed E-state index contributed by atoms with van der Waals surface area (Å²) in [6.07, 6.45) is 1.96. The third kappa shape index (κ3) is 4.08. The Bertz CT molecular complexity index is 448. The van der Waals surface area contributed by atoms with Gasteiger partial charge in [0.1, 0.15) is 0 Å². The molecule has 1 aromatic carbocycles. The SMILES string of the molecule is CSC(C)CNS(=O)(=O)c1cccc(Br)c1. The van der Waals surface area contributed by atoms with E-state index >= 15 is 0 Å². The summed E-state index contributed by atoms with van der Waals surface area (Å²) in [6.45, 7) is 2.42. The maximum Gasteiger partial charge on any atom is 0.240 e. The summed E-state index contributed by atoms with van der Waals surface area (Å²) >= 11 is 4.88. The molecule has 1 unspecified atom stereocenters. The van der Waals surface area contributed by atoms with E-state index in [4.69, 9.17) is 0 Å². The second kappa shape index (κ2) is 6.05. The molecule has 1 rings (SSSR count). The molecule has 0 saturated carbocycles. The first kappa shape index (κ1) is 14.0. The van der Waals surface area contributed by atoms with E-state index in [1.165, 1.54) is 0 Å². The zero-order valence-electron chi connectivity index (χ0n) is 9.10. The minimum Gasteiger partial charge on any atom is -0.210 e. The molecule has 0 saturated heterocycles. The van der Waals surface area contributed by atoms with E-state index in [-0.39, 0.29) is 10.1 Å². The molecule has 6 heteroatoms. The number of thioether (sulfide) groups is 1. The van der Waals surface area contributed by atoms with Gasteiger partial charge in [0.05, 0.1) is 4.90 Å². The van der Waals surface area contributed by atoms with Crippen molar-refractivity contribution in [1.82, 2.24) is 4.72 Å². The van der Waals surface area contributed by atoms with Gasteiger partial charge in [-0.25, -0.2) is 13.1 Å². The molecular weight excluding hydrogens is 310 g/mol. The number of sulfonamides is 1. The van der Waals surface area contributed by atoms with Gasteiger partial charge in [-0.3, -0.25) is 0 Å². The monoisotopic (exact) mass is 323 g/mol. The minimum absolute atomic E-state index is 0.266. The average Bonchev–Trinajstić information content (AvgIpc) is 2.26. The van der Waals surface area contributed by atoms with Crippen molar-refractivity contribution in [1.29, 1.82) is 0 Å². The van der Waals surface area contributed by atoms with Crippen LogP contribution in [-0.4, -0.2) is 26.5 Å². The molecule has 0 fully saturated rings. The van der Waals surface area contributed by atoms with Crippen LogP contribution < -0.4 is 4.72 Å². The number of benzene rings is 1. The maximum atomic E-state index is 11.9. The van der Waals surface area contributed by atoms with Crippen molar-refractivity contribution >= 4 is 37.7 Å². The van der Waals surface area contributed by atoms with Crippen molar-refractivity contribution in [3.05, 3.63) is 28.7 Å². The summed E-state index contributed by atoms with van der Waals surface area (Å²) in [5, 5.41) is 0.266. The normalized spacial score (nSPS) is 13.7. The van der Waals surface area contributed by atoms with E-state index in [1.807, 2.05) is 13.2 Å². The first-order valence-corrected chi connectivity index (χ1v) is 8.30. The second-order valence-corrected chi connectivity index (χ2v) is 7.31. The van der Waals surface area contributed by atoms with Crippen LogP contribution in [0.3, 0.4) is 0 Å². The summed E-state index contributed by atoms with van der Waals surface area (Å²) in [5.74, 6) is 0. The highest BCUT2D eigenvalue weighted by Gasteiger charge is 2.14. The van der Waals surface area contributed by atoms with Crippen LogP contribution in [0, 0.1) is 0 Å². The van der Waals surface area contributed by atoms with Crippen LogP contribution in [0.2, 0.25) is 0 Å². The van der Waals surface area contributed by atoms with Gasteiger partial charge in [0.2, 0.25) is 10.0 Å². The number of halogens is 1. The first-order chi connectivity index (χ1) is 7.45. The van der Waals surface area contributed by atoms with Crippen molar-refractivity contribution in [3.63, 3.8) is 0 Å². The van der Waals surface area contributed by atoms with Gasteiger partial charge in [-0.15, -0.1) is 0 Å². The lowest BCUT2D eigenvalue weighted by Crippen LogP contribution is -2.29. The lowest BCUT2D eigenvalue weighted by molar-refractivity contribution is 0.581. The molecule has 16 heavy (non-hydrogen) atoms. The summed E-state index contributed by atoms with van der Waals surface area (Å²) in [6, 6.07) is 6.67. The predicted octanol–water partition coefficient (Wildman–Crippen LogP) is 2.48. The van der Waals surface area contributed by atoms with E-state index in [0.717, 1.165) is 4.47 Å². The van der Waals surface area contributed by atoms with Gasteiger partial charge >= 0.3 is 0 Å². The number of hydrogen-bond acceptors (Lipinski definition) is 3. The van der Waals surface area contributed by atoms with Gasteiger partial charge in [0.25, 0.3) is 0 Å². The van der Waals surface area contributed by atoms with E-state index in [1.54, 1.807) is 36.0 Å². The summed E-state index contributed by atoms with van der Waals surface area (Å²) < 4.78 is 27.1. The fourth-order valence-corrected chi connectivity index (χ4v) is 3.11. The molecule has 0 bridgehead atoms. The summed E-state index contributed by atoms with van der Waals surface area (Å²) in [7, 11) is -3.38. The fraction of sp³-hybridized carbons (Fsp3) is 0.400. The Morgan fingerprint density at radius 2 is 2.19 bits per heavy atom. The van der Waals surface area contributed by atoms with Crippen LogP contribution >= 0.6 is 27.7 Å². The third-order valence-electron chi connectivity index (χ3n) is 2.07. The standard InChI is InChI=1S/C10H14BrNO2S2/c1-8(15-2)7-12-16(13,14)10-5-3-4-9(11)6-10/h3-6,8,12H,7H2,1-2H3. The topological polar surface area (TPSA) is 46.2 Å². The summed E-state index contributed by atoms with van der Waals surface area (Å²) in [5.41, 5.74) is 0. The minimum atomic E-state index is -3.38. The molecule has 0 amide bonds. The number of hydrogen-bond donors (Lipinski definition) is 1. The molecule has 0 aliphatic rings. The number of nitrogens with one attached hydrogen (secondary N) is 1. The van der Waals surface area contributed by atoms with Crippen molar-refractivity contribution in [3.8, 4) is 0 Å². The van der Waals surface area contributed by atoms with E-state index in [9.17, 15) is 8.42 Å². The van der Waals surface area contributed by atoms with Crippen LogP contribution in [0.5, 0.6) is 0 Å². The van der Waals surface area contributed by atoms with Crippen molar-refractivity contribution in [2.24, 2.45) is 0 Å². The largest absolute Gasteiger partial charge is 0.240 e. The molecule has 90 valence electrons. The molecule has 0 aliphatic heterocycles. The van der Waals surface area contributed by atoms with E-state index in [0.29, 0.717) is 6.54 Å². The Hall–Kier alpha value is -0.0400. The molecule has 1 aromatic rings. The third-order valence-corrected chi connectivity index (χ3v) is 4.96. The molecule has 1 atom stereocenters. The highest BCUT2D eigenvalue weighted by molar-refractivity contribution is 9.10. The highest BCUT2D eigenvalue weighted by atomic mass is 79.9. The number of rotatable bonds is 5. The molecule has 0 spiro atoms. The highest BCUT2D eigenvalue weighted by Crippen LogP contribution is 2.16. The van der Waals surface area contributed by atoms with E-state index in [2.05, 4.69) is 20.7 Å². The van der Waals surface area contributed by atoms with Crippen LogP contribution in [0.4, 0.5) is 0 Å². The Balaban J connectivity index is 2.78. The lowest BCUT2D eigenvalue weighted by Gasteiger charge is -2.10. The average molecular weight is 324 g/mol. The van der Waals surface area contributed by atoms with E-state index < -0.39 is 10.0 Å². The second-order valence-electron chi connectivity index (χ2n) is 3.36. The van der Waals surface area contributed by atoms with Crippen LogP contribution in [-0.2, 0) is 10.0 Å². The van der Waals surface area contributed by atoms with Gasteiger partial charge in [-0.05, 0) is 24.5 Å². The smallest absolute Gasteiger partial charge is 0.210 e. The Kier molecular flexibility index (Phi) is 5.30. The molecule has 0 heterocycles. The quantitative estimate of drug-likeness (QED) is 0.905. The zero-order valence-corrected chi connectivity index (χ0v) is 12.3. The van der Waals surface area contributed by atoms with Gasteiger partial charge < -0.3 is 0 Å². The van der Waals surface area contributed by atoms with Gasteiger partial charge in [-0.2, -0.15) is 11.8 Å². The van der Waals surface area contributed by atoms with Gasteiger partial charge in [-0.1, -0.05) is 28.9 Å².